The van der Waals surface area contributed by atoms with Crippen molar-refractivity contribution in [2.45, 2.75) is 33.9 Å². The fourth-order valence-corrected chi connectivity index (χ4v) is 2.91. The molecule has 2 rings (SSSR count). The molecule has 0 saturated heterocycles. The Labute approximate surface area is 143 Å². The van der Waals surface area contributed by atoms with E-state index in [1.807, 2.05) is 19.9 Å². The summed E-state index contributed by atoms with van der Waals surface area (Å²) in [6, 6.07) is 12.4. The molecule has 0 atom stereocenters. The molecule has 2 aromatic carbocycles. The molecular weight excluding hydrogens is 302 g/mol. The number of carboxylic acid groups (broad SMARTS) is 1. The lowest BCUT2D eigenvalue weighted by Crippen LogP contribution is -2.25. The van der Waals surface area contributed by atoms with Crippen molar-refractivity contribution in [3.05, 3.63) is 64.2 Å². The van der Waals surface area contributed by atoms with Crippen LogP contribution in [0.2, 0.25) is 0 Å². The SMILES string of the molecule is Cc1cccc(COc2c(C)cc(CN(C)CC(=O)O)cc2C)c1. The first-order valence-corrected chi connectivity index (χ1v) is 8.04. The summed E-state index contributed by atoms with van der Waals surface area (Å²) in [5, 5.41) is 8.85. The molecule has 0 unspecified atom stereocenters. The molecule has 0 radical (unpaired) electrons. The molecule has 24 heavy (non-hydrogen) atoms. The molecule has 0 aromatic heterocycles. The molecule has 4 nitrogen and oxygen atoms in total. The Morgan fingerprint density at radius 1 is 1.08 bits per heavy atom. The fourth-order valence-electron chi connectivity index (χ4n) is 2.91. The van der Waals surface area contributed by atoms with Gasteiger partial charge in [0.05, 0.1) is 6.54 Å². The van der Waals surface area contributed by atoms with E-state index in [-0.39, 0.29) is 6.54 Å². The summed E-state index contributed by atoms with van der Waals surface area (Å²) in [5.41, 5.74) is 5.61. The standard InChI is InChI=1S/C20H25NO3/c1-14-6-5-7-17(8-14)13-24-20-15(2)9-18(10-16(20)3)11-21(4)12-19(22)23/h5-10H,11-13H2,1-4H3,(H,22,23). The largest absolute Gasteiger partial charge is 0.488 e. The molecule has 0 aliphatic heterocycles. The molecule has 0 spiro atoms. The molecule has 0 aliphatic carbocycles. The first kappa shape index (κ1) is 18.0. The predicted octanol–water partition coefficient (Wildman–Crippen LogP) is 3.71. The van der Waals surface area contributed by atoms with Crippen molar-refractivity contribution in [3.8, 4) is 5.75 Å². The average molecular weight is 327 g/mol. The lowest BCUT2D eigenvalue weighted by atomic mass is 10.1. The maximum Gasteiger partial charge on any atom is 0.317 e. The maximum absolute atomic E-state index is 10.8. The monoisotopic (exact) mass is 327 g/mol. The zero-order valence-electron chi connectivity index (χ0n) is 14.8. The summed E-state index contributed by atoms with van der Waals surface area (Å²) in [7, 11) is 1.81. The second kappa shape index (κ2) is 7.97. The number of hydrogen-bond acceptors (Lipinski definition) is 3. The van der Waals surface area contributed by atoms with Crippen LogP contribution >= 0.6 is 0 Å². The Balaban J connectivity index is 2.07. The highest BCUT2D eigenvalue weighted by atomic mass is 16.5. The van der Waals surface area contributed by atoms with Gasteiger partial charge in [-0.15, -0.1) is 0 Å². The van der Waals surface area contributed by atoms with Crippen LogP contribution in [0.25, 0.3) is 0 Å². The van der Waals surface area contributed by atoms with E-state index in [4.69, 9.17) is 9.84 Å². The number of likely N-dealkylation sites (N-methyl/N-ethyl adjacent to an activating group) is 1. The van der Waals surface area contributed by atoms with Crippen molar-refractivity contribution in [2.75, 3.05) is 13.6 Å². The summed E-state index contributed by atoms with van der Waals surface area (Å²) in [6.07, 6.45) is 0. The van der Waals surface area contributed by atoms with Gasteiger partial charge in [-0.05, 0) is 50.1 Å². The first-order valence-electron chi connectivity index (χ1n) is 8.04. The highest BCUT2D eigenvalue weighted by molar-refractivity contribution is 5.69. The Bertz CT molecular complexity index is 702. The van der Waals surface area contributed by atoms with E-state index in [0.717, 1.165) is 28.0 Å². The molecule has 0 fully saturated rings. The quantitative estimate of drug-likeness (QED) is 0.842. The number of aliphatic carboxylic acids is 1. The zero-order valence-corrected chi connectivity index (χ0v) is 14.8. The van der Waals surface area contributed by atoms with E-state index in [9.17, 15) is 4.79 Å². The summed E-state index contributed by atoms with van der Waals surface area (Å²) < 4.78 is 6.03. The Morgan fingerprint density at radius 2 is 1.75 bits per heavy atom. The second-order valence-electron chi connectivity index (χ2n) is 6.40. The second-order valence-corrected chi connectivity index (χ2v) is 6.40. The smallest absolute Gasteiger partial charge is 0.317 e. The molecular formula is C20H25NO3. The van der Waals surface area contributed by atoms with Crippen LogP contribution in [0.5, 0.6) is 5.75 Å². The van der Waals surface area contributed by atoms with Gasteiger partial charge in [0, 0.05) is 6.54 Å². The number of hydrogen-bond donors (Lipinski definition) is 1. The average Bonchev–Trinajstić information content (AvgIpc) is 2.45. The van der Waals surface area contributed by atoms with Crippen LogP contribution in [-0.2, 0) is 17.9 Å². The molecule has 0 saturated carbocycles. The minimum atomic E-state index is -0.816. The normalized spacial score (nSPS) is 10.9. The number of aryl methyl sites for hydroxylation is 3. The number of nitrogens with zero attached hydrogens (tertiary/aromatic N) is 1. The van der Waals surface area contributed by atoms with Crippen LogP contribution in [0, 0.1) is 20.8 Å². The van der Waals surface area contributed by atoms with Crippen molar-refractivity contribution in [1.82, 2.24) is 4.90 Å². The Kier molecular flexibility index (Phi) is 5.99. The number of ether oxygens (including phenoxy) is 1. The van der Waals surface area contributed by atoms with Gasteiger partial charge in [-0.1, -0.05) is 42.0 Å². The van der Waals surface area contributed by atoms with Gasteiger partial charge in [0.15, 0.2) is 0 Å². The Morgan fingerprint density at radius 3 is 2.33 bits per heavy atom. The third-order valence-corrected chi connectivity index (χ3v) is 3.84. The number of carbonyl (C=O) groups is 1. The van der Waals surface area contributed by atoms with Crippen LogP contribution in [-0.4, -0.2) is 29.6 Å². The van der Waals surface area contributed by atoms with E-state index in [1.54, 1.807) is 11.9 Å². The third-order valence-electron chi connectivity index (χ3n) is 3.84. The summed E-state index contributed by atoms with van der Waals surface area (Å²) in [5.74, 6) is 0.0881. The summed E-state index contributed by atoms with van der Waals surface area (Å²) in [6.45, 7) is 7.30. The maximum atomic E-state index is 10.8. The highest BCUT2D eigenvalue weighted by Crippen LogP contribution is 2.26. The van der Waals surface area contributed by atoms with Crippen molar-refractivity contribution in [3.63, 3.8) is 0 Å². The van der Waals surface area contributed by atoms with Gasteiger partial charge in [-0.25, -0.2) is 0 Å². The molecule has 128 valence electrons. The van der Waals surface area contributed by atoms with E-state index in [1.165, 1.54) is 5.56 Å². The molecule has 2 aromatic rings. The van der Waals surface area contributed by atoms with Crippen LogP contribution in [0.15, 0.2) is 36.4 Å². The minimum absolute atomic E-state index is 0.0315. The number of rotatable bonds is 7. The van der Waals surface area contributed by atoms with Gasteiger partial charge in [-0.2, -0.15) is 0 Å². The Hall–Kier alpha value is -2.33. The number of benzene rings is 2. The summed E-state index contributed by atoms with van der Waals surface area (Å²) >= 11 is 0. The molecule has 0 bridgehead atoms. The van der Waals surface area contributed by atoms with Gasteiger partial charge < -0.3 is 9.84 Å². The fraction of sp³-hybridized carbons (Fsp3) is 0.350. The molecule has 0 amide bonds. The van der Waals surface area contributed by atoms with E-state index >= 15 is 0 Å². The van der Waals surface area contributed by atoms with Crippen molar-refractivity contribution >= 4 is 5.97 Å². The zero-order chi connectivity index (χ0) is 17.7. The lowest BCUT2D eigenvalue weighted by molar-refractivity contribution is -0.138. The van der Waals surface area contributed by atoms with E-state index in [0.29, 0.717) is 13.2 Å². The van der Waals surface area contributed by atoms with Crippen LogP contribution < -0.4 is 4.74 Å². The minimum Gasteiger partial charge on any atom is -0.488 e. The highest BCUT2D eigenvalue weighted by Gasteiger charge is 2.10. The number of carboxylic acids is 1. The predicted molar refractivity (Wildman–Crippen MR) is 95.4 cm³/mol. The van der Waals surface area contributed by atoms with Crippen LogP contribution in [0.4, 0.5) is 0 Å². The van der Waals surface area contributed by atoms with Gasteiger partial charge in [0.2, 0.25) is 0 Å². The van der Waals surface area contributed by atoms with E-state index in [2.05, 4.69) is 37.3 Å². The third kappa shape index (κ3) is 5.10. The van der Waals surface area contributed by atoms with Gasteiger partial charge in [0.25, 0.3) is 0 Å². The van der Waals surface area contributed by atoms with E-state index < -0.39 is 5.97 Å². The topological polar surface area (TPSA) is 49.8 Å². The van der Waals surface area contributed by atoms with Crippen molar-refractivity contribution in [2.24, 2.45) is 0 Å². The molecule has 1 N–H and O–H groups in total. The van der Waals surface area contributed by atoms with Gasteiger partial charge in [-0.3, -0.25) is 9.69 Å². The van der Waals surface area contributed by atoms with Crippen molar-refractivity contribution < 1.29 is 14.6 Å². The van der Waals surface area contributed by atoms with Crippen LogP contribution in [0.3, 0.4) is 0 Å². The van der Waals surface area contributed by atoms with Crippen molar-refractivity contribution in [1.29, 1.82) is 0 Å². The first-order chi connectivity index (χ1) is 11.3. The van der Waals surface area contributed by atoms with Gasteiger partial charge in [0.1, 0.15) is 12.4 Å². The molecule has 4 heteroatoms. The van der Waals surface area contributed by atoms with Gasteiger partial charge >= 0.3 is 5.97 Å². The van der Waals surface area contributed by atoms with Crippen LogP contribution in [0.1, 0.15) is 27.8 Å². The molecule has 0 aliphatic rings. The molecule has 0 heterocycles. The summed E-state index contributed by atoms with van der Waals surface area (Å²) in [4.78, 5) is 12.6. The lowest BCUT2D eigenvalue weighted by Gasteiger charge is -2.18.